The number of amides is 1. The largest absolute Gasteiger partial charge is 0.417 e. The number of rotatable bonds is 2. The quantitative estimate of drug-likeness (QED) is 0.851. The number of hydrogen-bond donors (Lipinski definition) is 1. The van der Waals surface area contributed by atoms with Crippen molar-refractivity contribution in [3.63, 3.8) is 0 Å². The summed E-state index contributed by atoms with van der Waals surface area (Å²) in [5, 5.41) is 9.67. The van der Waals surface area contributed by atoms with Crippen molar-refractivity contribution >= 4 is 5.91 Å². The summed E-state index contributed by atoms with van der Waals surface area (Å²) < 4.78 is 51.9. The molecular weight excluding hydrogens is 304 g/mol. The fraction of sp³-hybridized carbons (Fsp3) is 0.571. The Morgan fingerprint density at radius 2 is 1.95 bits per heavy atom. The fourth-order valence-electron chi connectivity index (χ4n) is 2.60. The molecule has 2 heterocycles. The van der Waals surface area contributed by atoms with E-state index in [1.165, 1.54) is 17.2 Å². The van der Waals surface area contributed by atoms with E-state index in [9.17, 15) is 27.5 Å². The van der Waals surface area contributed by atoms with E-state index in [2.05, 4.69) is 4.98 Å². The number of pyridine rings is 1. The summed E-state index contributed by atoms with van der Waals surface area (Å²) in [6, 6.07) is 1.23. The van der Waals surface area contributed by atoms with Gasteiger partial charge in [0.25, 0.3) is 5.91 Å². The lowest BCUT2D eigenvalue weighted by molar-refractivity contribution is -0.275. The van der Waals surface area contributed by atoms with Crippen molar-refractivity contribution in [1.29, 1.82) is 0 Å². The Balaban J connectivity index is 2.04. The van der Waals surface area contributed by atoms with E-state index < -0.39 is 29.4 Å². The predicted molar refractivity (Wildman–Crippen MR) is 69.5 cm³/mol. The zero-order valence-corrected chi connectivity index (χ0v) is 11.9. The molecule has 1 aliphatic heterocycles. The average Bonchev–Trinajstić information content (AvgIpc) is 2.46. The molecule has 1 atom stereocenters. The Morgan fingerprint density at radius 3 is 2.45 bits per heavy atom. The van der Waals surface area contributed by atoms with E-state index >= 15 is 0 Å². The second-order valence-corrected chi connectivity index (χ2v) is 5.57. The third kappa shape index (κ3) is 3.06. The van der Waals surface area contributed by atoms with Gasteiger partial charge < -0.3 is 10.0 Å². The van der Waals surface area contributed by atoms with Crippen molar-refractivity contribution in [1.82, 2.24) is 9.88 Å². The van der Waals surface area contributed by atoms with Crippen LogP contribution >= 0.6 is 0 Å². The first-order chi connectivity index (χ1) is 10.1. The van der Waals surface area contributed by atoms with Crippen LogP contribution in [0.1, 0.15) is 30.1 Å². The number of alkyl halides is 3. The van der Waals surface area contributed by atoms with Gasteiger partial charge in [0.1, 0.15) is 0 Å². The number of aliphatic hydroxyl groups is 1. The topological polar surface area (TPSA) is 53.4 Å². The molecule has 1 unspecified atom stereocenters. The molecule has 1 aromatic rings. The van der Waals surface area contributed by atoms with Gasteiger partial charge in [0.05, 0.1) is 11.8 Å². The Hall–Kier alpha value is -1.70. The third-order valence-corrected chi connectivity index (χ3v) is 4.15. The van der Waals surface area contributed by atoms with Crippen molar-refractivity contribution in [3.8, 4) is 0 Å². The average molecular weight is 320 g/mol. The van der Waals surface area contributed by atoms with Crippen molar-refractivity contribution in [2.75, 3.05) is 13.1 Å². The lowest BCUT2D eigenvalue weighted by Crippen LogP contribution is -2.53. The maximum Gasteiger partial charge on any atom is 0.417 e. The molecular formula is C14H16F4N2O2. The highest BCUT2D eigenvalue weighted by molar-refractivity contribution is 5.94. The summed E-state index contributed by atoms with van der Waals surface area (Å²) >= 11 is 0. The Kier molecular flexibility index (Phi) is 4.42. The summed E-state index contributed by atoms with van der Waals surface area (Å²) in [7, 11) is 0. The lowest BCUT2D eigenvalue weighted by atomic mass is 9.81. The number of nitrogens with zero attached hydrogens (tertiary/aromatic N) is 2. The monoisotopic (exact) mass is 320 g/mol. The summed E-state index contributed by atoms with van der Waals surface area (Å²) in [6.45, 7) is 0.826. The Morgan fingerprint density at radius 1 is 1.36 bits per heavy atom. The zero-order valence-electron chi connectivity index (χ0n) is 11.9. The number of halogens is 4. The number of piperidine rings is 1. The molecule has 22 heavy (non-hydrogen) atoms. The van der Waals surface area contributed by atoms with E-state index in [0.717, 1.165) is 13.1 Å². The summed E-state index contributed by atoms with van der Waals surface area (Å²) in [4.78, 5) is 17.0. The van der Waals surface area contributed by atoms with Crippen LogP contribution in [-0.4, -0.2) is 45.8 Å². The minimum absolute atomic E-state index is 0.00491. The molecule has 8 heteroatoms. The highest BCUT2D eigenvalue weighted by Gasteiger charge is 2.55. The number of carbonyl (C=O) groups excluding carboxylic acids is 1. The van der Waals surface area contributed by atoms with Gasteiger partial charge in [0.15, 0.2) is 11.4 Å². The normalized spacial score (nSPS) is 19.8. The minimum Gasteiger partial charge on any atom is -0.380 e. The van der Waals surface area contributed by atoms with Crippen LogP contribution in [0.3, 0.4) is 0 Å². The fourth-order valence-corrected chi connectivity index (χ4v) is 2.60. The van der Waals surface area contributed by atoms with Crippen molar-refractivity contribution < 1.29 is 27.5 Å². The van der Waals surface area contributed by atoms with Crippen LogP contribution in [0.2, 0.25) is 0 Å². The standard InChI is InChI=1S/C14H16F4N2O2/c1-13(22,14(16,17)18)9-3-6-20(7-4-9)12(21)10-2-5-19-8-11(10)15/h2,5,8-9,22H,3-4,6-7H2,1H3. The van der Waals surface area contributed by atoms with E-state index in [4.69, 9.17) is 0 Å². The highest BCUT2D eigenvalue weighted by Crippen LogP contribution is 2.40. The molecule has 4 nitrogen and oxygen atoms in total. The zero-order chi connectivity index (χ0) is 16.5. The maximum atomic E-state index is 13.5. The molecule has 1 aromatic heterocycles. The minimum atomic E-state index is -4.72. The first kappa shape index (κ1) is 16.7. The molecule has 0 aliphatic carbocycles. The van der Waals surface area contributed by atoms with Crippen LogP contribution in [0.5, 0.6) is 0 Å². The molecule has 1 N–H and O–H groups in total. The van der Waals surface area contributed by atoms with Gasteiger partial charge in [-0.15, -0.1) is 0 Å². The molecule has 0 bridgehead atoms. The molecule has 1 saturated heterocycles. The maximum absolute atomic E-state index is 13.5. The van der Waals surface area contributed by atoms with Crippen molar-refractivity contribution in [3.05, 3.63) is 29.8 Å². The molecule has 1 fully saturated rings. The van der Waals surface area contributed by atoms with E-state index in [-0.39, 0.29) is 31.5 Å². The Bertz CT molecular complexity index is 552. The molecule has 0 spiro atoms. The van der Waals surface area contributed by atoms with Gasteiger partial charge in [0, 0.05) is 19.3 Å². The molecule has 1 amide bonds. The molecule has 122 valence electrons. The molecule has 0 saturated carbocycles. The van der Waals surface area contributed by atoms with Crippen LogP contribution in [-0.2, 0) is 0 Å². The smallest absolute Gasteiger partial charge is 0.380 e. The van der Waals surface area contributed by atoms with Gasteiger partial charge in [-0.1, -0.05) is 0 Å². The lowest BCUT2D eigenvalue weighted by Gasteiger charge is -2.40. The second-order valence-electron chi connectivity index (χ2n) is 5.57. The van der Waals surface area contributed by atoms with Crippen LogP contribution in [0.15, 0.2) is 18.5 Å². The molecule has 0 aromatic carbocycles. The van der Waals surface area contributed by atoms with Crippen LogP contribution < -0.4 is 0 Å². The molecule has 0 radical (unpaired) electrons. The first-order valence-electron chi connectivity index (χ1n) is 6.82. The van der Waals surface area contributed by atoms with Crippen molar-refractivity contribution in [2.45, 2.75) is 31.5 Å². The number of hydrogen-bond acceptors (Lipinski definition) is 3. The van der Waals surface area contributed by atoms with Crippen LogP contribution in [0.25, 0.3) is 0 Å². The van der Waals surface area contributed by atoms with Gasteiger partial charge in [-0.25, -0.2) is 4.39 Å². The van der Waals surface area contributed by atoms with E-state index in [0.29, 0.717) is 0 Å². The van der Waals surface area contributed by atoms with Gasteiger partial charge in [-0.05, 0) is 31.7 Å². The highest BCUT2D eigenvalue weighted by atomic mass is 19.4. The second kappa shape index (κ2) is 5.83. The first-order valence-corrected chi connectivity index (χ1v) is 6.82. The van der Waals surface area contributed by atoms with Crippen LogP contribution in [0.4, 0.5) is 17.6 Å². The van der Waals surface area contributed by atoms with E-state index in [1.807, 2.05) is 0 Å². The number of carbonyl (C=O) groups is 1. The van der Waals surface area contributed by atoms with Gasteiger partial charge in [-0.2, -0.15) is 13.2 Å². The molecule has 1 aliphatic rings. The summed E-state index contributed by atoms with van der Waals surface area (Å²) in [5.41, 5.74) is -2.94. The summed E-state index contributed by atoms with van der Waals surface area (Å²) in [5.74, 6) is -2.33. The Labute approximate surface area is 124 Å². The summed E-state index contributed by atoms with van der Waals surface area (Å²) in [6.07, 6.45) is -2.52. The van der Waals surface area contributed by atoms with E-state index in [1.54, 1.807) is 0 Å². The predicted octanol–water partition coefficient (Wildman–Crippen LogP) is 2.39. The van der Waals surface area contributed by atoms with Gasteiger partial charge in [-0.3, -0.25) is 9.78 Å². The van der Waals surface area contributed by atoms with Gasteiger partial charge in [0.2, 0.25) is 0 Å². The van der Waals surface area contributed by atoms with Gasteiger partial charge >= 0.3 is 6.18 Å². The van der Waals surface area contributed by atoms with Crippen molar-refractivity contribution in [2.24, 2.45) is 5.92 Å². The number of likely N-dealkylation sites (tertiary alicyclic amines) is 1. The third-order valence-electron chi connectivity index (χ3n) is 4.15. The number of aromatic nitrogens is 1. The molecule has 2 rings (SSSR count). The SMILES string of the molecule is CC(O)(C1CCN(C(=O)c2ccncc2F)CC1)C(F)(F)F. The van der Waals surface area contributed by atoms with Crippen LogP contribution in [0, 0.1) is 11.7 Å².